The number of hydrogen-bond acceptors (Lipinski definition) is 4. The molecule has 2 aliphatic rings. The van der Waals surface area contributed by atoms with Gasteiger partial charge in [0.2, 0.25) is 11.8 Å². The first-order valence-corrected chi connectivity index (χ1v) is 9.49. The molecule has 0 unspecified atom stereocenters. The van der Waals surface area contributed by atoms with Crippen molar-refractivity contribution in [1.82, 2.24) is 10.3 Å². The number of carbonyl (C=O) groups excluding carboxylic acids is 2. The van der Waals surface area contributed by atoms with E-state index in [9.17, 15) is 9.59 Å². The van der Waals surface area contributed by atoms with Gasteiger partial charge in [-0.2, -0.15) is 0 Å². The molecule has 6 heteroatoms. The third kappa shape index (κ3) is 3.39. The molecule has 1 saturated heterocycles. The van der Waals surface area contributed by atoms with E-state index in [0.717, 1.165) is 35.7 Å². The zero-order valence-corrected chi connectivity index (χ0v) is 15.5. The van der Waals surface area contributed by atoms with E-state index < -0.39 is 6.04 Å². The van der Waals surface area contributed by atoms with E-state index >= 15 is 0 Å². The van der Waals surface area contributed by atoms with Gasteiger partial charge in [0.05, 0.1) is 0 Å². The van der Waals surface area contributed by atoms with E-state index in [0.29, 0.717) is 13.0 Å². The maximum absolute atomic E-state index is 12.9. The number of carbonyl (C=O) groups is 2. The monoisotopic (exact) mass is 364 g/mol. The van der Waals surface area contributed by atoms with Gasteiger partial charge in [0.1, 0.15) is 11.9 Å². The van der Waals surface area contributed by atoms with Crippen LogP contribution in [0.25, 0.3) is 0 Å². The number of para-hydroxylation sites is 1. The van der Waals surface area contributed by atoms with Crippen molar-refractivity contribution in [3.05, 3.63) is 53.7 Å². The summed E-state index contributed by atoms with van der Waals surface area (Å²) in [6.07, 6.45) is 4.70. The van der Waals surface area contributed by atoms with Crippen molar-refractivity contribution in [3.8, 4) is 0 Å². The summed E-state index contributed by atoms with van der Waals surface area (Å²) in [5.41, 5.74) is 2.88. The van der Waals surface area contributed by atoms with Gasteiger partial charge in [-0.15, -0.1) is 0 Å². The normalized spacial score (nSPS) is 18.5. The summed E-state index contributed by atoms with van der Waals surface area (Å²) in [6, 6.07) is 11.1. The number of rotatable bonds is 4. The molecule has 1 aromatic heterocycles. The van der Waals surface area contributed by atoms with Gasteiger partial charge in [-0.05, 0) is 30.5 Å². The van der Waals surface area contributed by atoms with Crippen molar-refractivity contribution in [3.63, 3.8) is 0 Å². The van der Waals surface area contributed by atoms with Gasteiger partial charge < -0.3 is 10.2 Å². The van der Waals surface area contributed by atoms with Gasteiger partial charge in [0.25, 0.3) is 0 Å². The molecule has 3 heterocycles. The maximum Gasteiger partial charge on any atom is 0.243 e. The van der Waals surface area contributed by atoms with Crippen LogP contribution >= 0.6 is 0 Å². The molecule has 0 spiro atoms. The van der Waals surface area contributed by atoms with Crippen LogP contribution in [-0.2, 0) is 22.6 Å². The number of fused-ring (bicyclic) bond motifs is 1. The highest BCUT2D eigenvalue weighted by molar-refractivity contribution is 6.02. The second-order valence-electron chi connectivity index (χ2n) is 7.14. The number of nitrogens with zero attached hydrogens (tertiary/aromatic N) is 3. The van der Waals surface area contributed by atoms with Crippen LogP contribution < -0.4 is 15.1 Å². The summed E-state index contributed by atoms with van der Waals surface area (Å²) in [4.78, 5) is 33.5. The van der Waals surface area contributed by atoms with Gasteiger partial charge in [-0.1, -0.05) is 24.3 Å². The van der Waals surface area contributed by atoms with Crippen molar-refractivity contribution in [1.29, 1.82) is 0 Å². The van der Waals surface area contributed by atoms with Gasteiger partial charge >= 0.3 is 0 Å². The lowest BCUT2D eigenvalue weighted by Crippen LogP contribution is -2.47. The minimum atomic E-state index is -0.494. The number of benzene rings is 1. The fourth-order valence-electron chi connectivity index (χ4n) is 4.07. The molecule has 4 rings (SSSR count). The zero-order chi connectivity index (χ0) is 18.8. The number of hydrogen-bond donors (Lipinski definition) is 1. The molecular weight excluding hydrogens is 340 g/mol. The van der Waals surface area contributed by atoms with E-state index in [4.69, 9.17) is 0 Å². The van der Waals surface area contributed by atoms with Crippen LogP contribution in [0.15, 0.2) is 42.6 Å². The molecule has 2 aromatic rings. The Morgan fingerprint density at radius 1 is 1.15 bits per heavy atom. The molecule has 0 aliphatic carbocycles. The predicted octanol–water partition coefficient (Wildman–Crippen LogP) is 2.28. The molecule has 1 aromatic carbocycles. The largest absolute Gasteiger partial charge is 0.356 e. The molecular formula is C21H24N4O2. The molecule has 0 radical (unpaired) electrons. The highest BCUT2D eigenvalue weighted by atomic mass is 16.2. The lowest BCUT2D eigenvalue weighted by molar-refractivity contribution is -0.125. The Balaban J connectivity index is 1.48. The van der Waals surface area contributed by atoms with Gasteiger partial charge in [-0.3, -0.25) is 14.5 Å². The first-order chi connectivity index (χ1) is 13.1. The molecule has 140 valence electrons. The van der Waals surface area contributed by atoms with Crippen LogP contribution in [0.1, 0.15) is 30.9 Å². The number of pyridine rings is 1. The lowest BCUT2D eigenvalue weighted by atomic mass is 10.1. The molecule has 0 saturated carbocycles. The van der Waals surface area contributed by atoms with E-state index in [2.05, 4.69) is 15.2 Å². The fourth-order valence-corrected chi connectivity index (χ4v) is 4.07. The summed E-state index contributed by atoms with van der Waals surface area (Å²) >= 11 is 0. The average Bonchev–Trinajstić information content (AvgIpc) is 3.34. The minimum absolute atomic E-state index is 0.112. The Morgan fingerprint density at radius 3 is 2.70 bits per heavy atom. The van der Waals surface area contributed by atoms with Gasteiger partial charge in [-0.25, -0.2) is 4.98 Å². The molecule has 0 bridgehead atoms. The summed E-state index contributed by atoms with van der Waals surface area (Å²) in [6.45, 7) is 3.94. The number of nitrogens with one attached hydrogen (secondary N) is 1. The molecule has 6 nitrogen and oxygen atoms in total. The summed E-state index contributed by atoms with van der Waals surface area (Å²) in [7, 11) is 0. The quantitative estimate of drug-likeness (QED) is 0.904. The Bertz CT molecular complexity index is 861. The standard InChI is InChI=1S/C21H24N4O2/c1-15(26)25-18-9-3-2-7-16(18)13-19(25)21(27)23-14-17-8-6-10-22-20(17)24-11-4-5-12-24/h2-3,6-10,19H,4-5,11-14H2,1H3,(H,23,27)/t19-/m0/s1. The number of anilines is 2. The van der Waals surface area contributed by atoms with E-state index in [1.54, 1.807) is 11.1 Å². The zero-order valence-electron chi connectivity index (χ0n) is 15.5. The number of amides is 2. The SMILES string of the molecule is CC(=O)N1c2ccccc2C[C@H]1C(=O)NCc1cccnc1N1CCCC1. The van der Waals surface area contributed by atoms with Crippen molar-refractivity contribution in [2.75, 3.05) is 22.9 Å². The third-order valence-electron chi connectivity index (χ3n) is 5.34. The summed E-state index contributed by atoms with van der Waals surface area (Å²) in [5.74, 6) is 0.713. The Labute approximate surface area is 159 Å². The van der Waals surface area contributed by atoms with Gasteiger partial charge in [0.15, 0.2) is 0 Å². The predicted molar refractivity (Wildman–Crippen MR) is 105 cm³/mol. The first kappa shape index (κ1) is 17.5. The van der Waals surface area contributed by atoms with Crippen molar-refractivity contribution < 1.29 is 9.59 Å². The molecule has 1 N–H and O–H groups in total. The van der Waals surface area contributed by atoms with Crippen LogP contribution in [0.3, 0.4) is 0 Å². The fraction of sp³-hybridized carbons (Fsp3) is 0.381. The van der Waals surface area contributed by atoms with Crippen LogP contribution in [0, 0.1) is 0 Å². The Hall–Kier alpha value is -2.89. The minimum Gasteiger partial charge on any atom is -0.356 e. The Kier molecular flexibility index (Phi) is 4.79. The average molecular weight is 364 g/mol. The van der Waals surface area contributed by atoms with Crippen LogP contribution in [0.2, 0.25) is 0 Å². The molecule has 2 amide bonds. The summed E-state index contributed by atoms with van der Waals surface area (Å²) in [5, 5.41) is 3.02. The van der Waals surface area contributed by atoms with E-state index in [1.807, 2.05) is 36.4 Å². The molecule has 27 heavy (non-hydrogen) atoms. The van der Waals surface area contributed by atoms with Gasteiger partial charge in [0, 0.05) is 50.4 Å². The number of aromatic nitrogens is 1. The lowest BCUT2D eigenvalue weighted by Gasteiger charge is -2.24. The highest BCUT2D eigenvalue weighted by Crippen LogP contribution is 2.32. The van der Waals surface area contributed by atoms with E-state index in [-0.39, 0.29) is 11.8 Å². The topological polar surface area (TPSA) is 65.5 Å². The highest BCUT2D eigenvalue weighted by Gasteiger charge is 2.36. The van der Waals surface area contributed by atoms with Crippen LogP contribution in [0.4, 0.5) is 11.5 Å². The second kappa shape index (κ2) is 7.39. The smallest absolute Gasteiger partial charge is 0.243 e. The molecule has 1 fully saturated rings. The molecule has 1 atom stereocenters. The van der Waals surface area contributed by atoms with Crippen molar-refractivity contribution in [2.45, 2.75) is 38.8 Å². The molecule has 2 aliphatic heterocycles. The summed E-state index contributed by atoms with van der Waals surface area (Å²) < 4.78 is 0. The van der Waals surface area contributed by atoms with Crippen molar-refractivity contribution in [2.24, 2.45) is 0 Å². The Morgan fingerprint density at radius 2 is 1.93 bits per heavy atom. The van der Waals surface area contributed by atoms with E-state index in [1.165, 1.54) is 19.8 Å². The maximum atomic E-state index is 12.9. The third-order valence-corrected chi connectivity index (χ3v) is 5.34. The first-order valence-electron chi connectivity index (χ1n) is 9.49. The van der Waals surface area contributed by atoms with Crippen LogP contribution in [-0.4, -0.2) is 35.9 Å². The van der Waals surface area contributed by atoms with Crippen molar-refractivity contribution >= 4 is 23.3 Å². The second-order valence-corrected chi connectivity index (χ2v) is 7.14. The van der Waals surface area contributed by atoms with Crippen LogP contribution in [0.5, 0.6) is 0 Å².